The minimum absolute atomic E-state index is 0.0738. The summed E-state index contributed by atoms with van der Waals surface area (Å²) >= 11 is 0. The second kappa shape index (κ2) is 8.67. The molecule has 2 aromatic heterocycles. The van der Waals surface area contributed by atoms with E-state index in [0.29, 0.717) is 12.3 Å². The predicted octanol–water partition coefficient (Wildman–Crippen LogP) is 2.89. The van der Waals surface area contributed by atoms with E-state index in [1.54, 1.807) is 12.3 Å². The number of likely N-dealkylation sites (tertiary alicyclic amines) is 1. The summed E-state index contributed by atoms with van der Waals surface area (Å²) in [4.78, 5) is 31.0. The number of nitrogens with zero attached hydrogens (tertiary/aromatic N) is 2. The van der Waals surface area contributed by atoms with E-state index in [1.165, 1.54) is 12.5 Å². The van der Waals surface area contributed by atoms with Gasteiger partial charge in [-0.1, -0.05) is 24.6 Å². The quantitative estimate of drug-likeness (QED) is 0.650. The Hall–Kier alpha value is -3.19. The molecule has 1 fully saturated rings. The molecule has 1 saturated heterocycles. The molecule has 156 valence electrons. The highest BCUT2D eigenvalue weighted by atomic mass is 16.4. The third kappa shape index (κ3) is 4.21. The molecule has 1 aliphatic heterocycles. The molecule has 0 spiro atoms. The molecule has 1 aromatic carbocycles. The molecular weight excluding hydrogens is 382 g/mol. The van der Waals surface area contributed by atoms with Gasteiger partial charge in [0.15, 0.2) is 5.76 Å². The van der Waals surface area contributed by atoms with Crippen LogP contribution in [0.1, 0.15) is 48.7 Å². The largest absolute Gasteiger partial charge is 0.502 e. The third-order valence-electron chi connectivity index (χ3n) is 5.61. The third-order valence-corrected chi connectivity index (χ3v) is 5.61. The minimum atomic E-state index is -0.690. The SMILES string of the molecule is NC(=O)CC(c1oc(CN2CCCCC2)cc(=O)c1O)c1ccnc2ccccc12. The number of nitrogens with two attached hydrogens (primary N) is 1. The highest BCUT2D eigenvalue weighted by Gasteiger charge is 2.27. The van der Waals surface area contributed by atoms with Gasteiger partial charge in [0, 0.05) is 24.1 Å². The van der Waals surface area contributed by atoms with Crippen molar-refractivity contribution >= 4 is 16.8 Å². The number of piperidine rings is 1. The fourth-order valence-corrected chi connectivity index (χ4v) is 4.17. The van der Waals surface area contributed by atoms with E-state index >= 15 is 0 Å². The van der Waals surface area contributed by atoms with Gasteiger partial charge in [-0.25, -0.2) is 0 Å². The molecule has 3 aromatic rings. The molecule has 0 bridgehead atoms. The summed E-state index contributed by atoms with van der Waals surface area (Å²) in [7, 11) is 0. The van der Waals surface area contributed by atoms with Gasteiger partial charge in [0.2, 0.25) is 17.1 Å². The van der Waals surface area contributed by atoms with Crippen molar-refractivity contribution in [2.45, 2.75) is 38.1 Å². The van der Waals surface area contributed by atoms with E-state index in [-0.39, 0.29) is 12.2 Å². The number of primary amides is 1. The van der Waals surface area contributed by atoms with Gasteiger partial charge in [0.05, 0.1) is 18.0 Å². The molecule has 3 N–H and O–H groups in total. The monoisotopic (exact) mass is 407 g/mol. The Balaban J connectivity index is 1.80. The van der Waals surface area contributed by atoms with Crippen molar-refractivity contribution in [3.8, 4) is 5.75 Å². The zero-order chi connectivity index (χ0) is 21.1. The van der Waals surface area contributed by atoms with Crippen LogP contribution in [0.4, 0.5) is 0 Å². The lowest BCUT2D eigenvalue weighted by molar-refractivity contribution is -0.118. The number of aromatic nitrogens is 1. The maximum absolute atomic E-state index is 12.5. The second-order valence-corrected chi connectivity index (χ2v) is 7.77. The predicted molar refractivity (Wildman–Crippen MR) is 113 cm³/mol. The molecule has 1 unspecified atom stereocenters. The molecule has 4 rings (SSSR count). The van der Waals surface area contributed by atoms with Crippen LogP contribution in [0, 0.1) is 0 Å². The van der Waals surface area contributed by atoms with Gasteiger partial charge in [-0.3, -0.25) is 19.5 Å². The number of carbonyl (C=O) groups excluding carboxylic acids is 1. The minimum Gasteiger partial charge on any atom is -0.502 e. The maximum atomic E-state index is 12.5. The fourth-order valence-electron chi connectivity index (χ4n) is 4.17. The molecule has 1 aliphatic rings. The van der Waals surface area contributed by atoms with E-state index in [4.69, 9.17) is 10.2 Å². The molecule has 7 heteroatoms. The van der Waals surface area contributed by atoms with E-state index in [0.717, 1.165) is 42.4 Å². The van der Waals surface area contributed by atoms with Crippen molar-refractivity contribution < 1.29 is 14.3 Å². The van der Waals surface area contributed by atoms with E-state index in [1.807, 2.05) is 24.3 Å². The van der Waals surface area contributed by atoms with Crippen molar-refractivity contribution in [2.75, 3.05) is 13.1 Å². The number of fused-ring (bicyclic) bond motifs is 1. The van der Waals surface area contributed by atoms with Crippen molar-refractivity contribution in [3.05, 3.63) is 69.9 Å². The van der Waals surface area contributed by atoms with Crippen LogP contribution in [-0.2, 0) is 11.3 Å². The van der Waals surface area contributed by atoms with Gasteiger partial charge in [-0.15, -0.1) is 0 Å². The number of para-hydroxylation sites is 1. The topological polar surface area (TPSA) is 110 Å². The second-order valence-electron chi connectivity index (χ2n) is 7.77. The number of amides is 1. The summed E-state index contributed by atoms with van der Waals surface area (Å²) in [5, 5.41) is 11.4. The van der Waals surface area contributed by atoms with Crippen LogP contribution >= 0.6 is 0 Å². The van der Waals surface area contributed by atoms with Crippen LogP contribution in [0.25, 0.3) is 10.9 Å². The molecule has 0 aliphatic carbocycles. The number of aromatic hydroxyl groups is 1. The van der Waals surface area contributed by atoms with Crippen molar-refractivity contribution in [1.82, 2.24) is 9.88 Å². The number of carbonyl (C=O) groups is 1. The van der Waals surface area contributed by atoms with Gasteiger partial charge in [-0.05, 0) is 43.6 Å². The molecular formula is C23H25N3O4. The Morgan fingerprint density at radius 2 is 1.97 bits per heavy atom. The Kier molecular flexibility index (Phi) is 5.81. The lowest BCUT2D eigenvalue weighted by Crippen LogP contribution is -2.29. The standard InChI is InChI=1S/C23H25N3O4/c24-21(28)13-18(16-8-9-25-19-7-3-2-6-17(16)19)23-22(29)20(27)12-15(30-23)14-26-10-4-1-5-11-26/h2-3,6-9,12,18,29H,1,4-5,10-11,13-14H2,(H2,24,28). The van der Waals surface area contributed by atoms with Crippen LogP contribution in [-0.4, -0.2) is 34.0 Å². The highest BCUT2D eigenvalue weighted by Crippen LogP contribution is 2.36. The number of rotatable bonds is 6. The van der Waals surface area contributed by atoms with Crippen LogP contribution < -0.4 is 11.2 Å². The summed E-state index contributed by atoms with van der Waals surface area (Å²) in [6.07, 6.45) is 4.97. The molecule has 0 saturated carbocycles. The lowest BCUT2D eigenvalue weighted by Gasteiger charge is -2.26. The summed E-state index contributed by atoms with van der Waals surface area (Å²) < 4.78 is 6.04. The highest BCUT2D eigenvalue weighted by molar-refractivity contribution is 5.84. The fraction of sp³-hybridized carbons (Fsp3) is 0.348. The van der Waals surface area contributed by atoms with Crippen LogP contribution in [0.2, 0.25) is 0 Å². The first-order valence-electron chi connectivity index (χ1n) is 10.2. The molecule has 30 heavy (non-hydrogen) atoms. The van der Waals surface area contributed by atoms with Crippen LogP contribution in [0.3, 0.4) is 0 Å². The van der Waals surface area contributed by atoms with Crippen molar-refractivity contribution in [3.63, 3.8) is 0 Å². The van der Waals surface area contributed by atoms with Gasteiger partial charge in [0.25, 0.3) is 0 Å². The molecule has 7 nitrogen and oxygen atoms in total. The van der Waals surface area contributed by atoms with Gasteiger partial charge < -0.3 is 15.3 Å². The summed E-state index contributed by atoms with van der Waals surface area (Å²) in [6, 6.07) is 10.6. The lowest BCUT2D eigenvalue weighted by atomic mass is 9.89. The zero-order valence-electron chi connectivity index (χ0n) is 16.7. The van der Waals surface area contributed by atoms with Gasteiger partial charge in [0.1, 0.15) is 5.76 Å². The van der Waals surface area contributed by atoms with E-state index in [2.05, 4.69) is 9.88 Å². The maximum Gasteiger partial charge on any atom is 0.227 e. The van der Waals surface area contributed by atoms with Gasteiger partial charge in [-0.2, -0.15) is 0 Å². The Morgan fingerprint density at radius 3 is 2.73 bits per heavy atom. The Morgan fingerprint density at radius 1 is 1.20 bits per heavy atom. The van der Waals surface area contributed by atoms with Crippen molar-refractivity contribution in [1.29, 1.82) is 0 Å². The normalized spacial score (nSPS) is 15.9. The molecule has 0 radical (unpaired) electrons. The molecule has 1 amide bonds. The molecule has 3 heterocycles. The Labute approximate surface area is 174 Å². The van der Waals surface area contributed by atoms with Gasteiger partial charge >= 0.3 is 0 Å². The van der Waals surface area contributed by atoms with E-state index in [9.17, 15) is 14.7 Å². The smallest absolute Gasteiger partial charge is 0.227 e. The van der Waals surface area contributed by atoms with E-state index < -0.39 is 23.0 Å². The zero-order valence-corrected chi connectivity index (χ0v) is 16.7. The Bertz CT molecular complexity index is 1110. The first kappa shape index (κ1) is 20.1. The average molecular weight is 407 g/mol. The van der Waals surface area contributed by atoms with Crippen molar-refractivity contribution in [2.24, 2.45) is 5.73 Å². The first-order valence-corrected chi connectivity index (χ1v) is 10.2. The first-order chi connectivity index (χ1) is 14.5. The van der Waals surface area contributed by atoms with Crippen LogP contribution in [0.5, 0.6) is 5.75 Å². The summed E-state index contributed by atoms with van der Waals surface area (Å²) in [6.45, 7) is 2.38. The van der Waals surface area contributed by atoms with Crippen LogP contribution in [0.15, 0.2) is 51.8 Å². The molecule has 1 atom stereocenters. The summed E-state index contributed by atoms with van der Waals surface area (Å²) in [5.74, 6) is -1.18. The number of hydrogen-bond acceptors (Lipinski definition) is 6. The number of benzene rings is 1. The summed E-state index contributed by atoms with van der Waals surface area (Å²) in [5.41, 5.74) is 6.48. The number of hydrogen-bond donors (Lipinski definition) is 2. The average Bonchev–Trinajstić information content (AvgIpc) is 2.75. The number of pyridine rings is 1.